The number of benzene rings is 1. The fourth-order valence-electron chi connectivity index (χ4n) is 2.16. The Labute approximate surface area is 139 Å². The van der Waals surface area contributed by atoms with E-state index >= 15 is 0 Å². The first-order chi connectivity index (χ1) is 11.8. The lowest BCUT2D eigenvalue weighted by molar-refractivity contribution is 0.0600. The number of carbonyl (C=O) groups is 1. The molecule has 0 radical (unpaired) electrons. The zero-order valence-electron chi connectivity index (χ0n) is 13.1. The van der Waals surface area contributed by atoms with E-state index in [1.54, 1.807) is 30.7 Å². The van der Waals surface area contributed by atoms with Crippen LogP contribution in [0.1, 0.15) is 15.9 Å². The van der Waals surface area contributed by atoms with Gasteiger partial charge in [-0.05, 0) is 35.9 Å². The molecule has 0 saturated heterocycles. The summed E-state index contributed by atoms with van der Waals surface area (Å²) in [6.07, 6.45) is 5.15. The van der Waals surface area contributed by atoms with Crippen molar-refractivity contribution in [3.8, 4) is 11.4 Å². The predicted octanol–water partition coefficient (Wildman–Crippen LogP) is 2.94. The Morgan fingerprint density at radius 3 is 2.67 bits per heavy atom. The molecule has 0 amide bonds. The van der Waals surface area contributed by atoms with Gasteiger partial charge in [0.25, 0.3) is 0 Å². The number of hydrogen-bond acceptors (Lipinski definition) is 6. The second-order valence-corrected chi connectivity index (χ2v) is 5.05. The number of aromatic nitrogens is 3. The molecular weight excluding hydrogens is 304 g/mol. The van der Waals surface area contributed by atoms with Crippen molar-refractivity contribution in [3.05, 3.63) is 72.2 Å². The lowest BCUT2D eigenvalue weighted by Gasteiger charge is -2.07. The maximum atomic E-state index is 11.4. The van der Waals surface area contributed by atoms with Gasteiger partial charge in [0.1, 0.15) is 5.82 Å². The van der Waals surface area contributed by atoms with Crippen molar-refractivity contribution in [2.75, 3.05) is 12.4 Å². The second kappa shape index (κ2) is 7.32. The molecule has 0 atom stereocenters. The number of ether oxygens (including phenoxy) is 1. The number of esters is 1. The van der Waals surface area contributed by atoms with Gasteiger partial charge in [0.2, 0.25) is 0 Å². The van der Waals surface area contributed by atoms with E-state index in [0.717, 1.165) is 16.9 Å². The third-order valence-corrected chi connectivity index (χ3v) is 3.42. The highest BCUT2D eigenvalue weighted by Crippen LogP contribution is 2.15. The molecule has 3 rings (SSSR count). The van der Waals surface area contributed by atoms with Crippen LogP contribution in [0.2, 0.25) is 0 Å². The molecule has 24 heavy (non-hydrogen) atoms. The molecule has 6 heteroatoms. The van der Waals surface area contributed by atoms with Crippen LogP contribution in [0.4, 0.5) is 5.82 Å². The summed E-state index contributed by atoms with van der Waals surface area (Å²) in [7, 11) is 1.37. The van der Waals surface area contributed by atoms with E-state index in [2.05, 4.69) is 25.0 Å². The monoisotopic (exact) mass is 320 g/mol. The van der Waals surface area contributed by atoms with Crippen LogP contribution in [0, 0.1) is 0 Å². The minimum Gasteiger partial charge on any atom is -0.465 e. The summed E-state index contributed by atoms with van der Waals surface area (Å²) in [5.74, 6) is 1.00. The molecule has 2 aromatic heterocycles. The average Bonchev–Trinajstić information content (AvgIpc) is 2.67. The summed E-state index contributed by atoms with van der Waals surface area (Å²) < 4.78 is 4.68. The second-order valence-electron chi connectivity index (χ2n) is 5.05. The summed E-state index contributed by atoms with van der Waals surface area (Å²) in [5.41, 5.74) is 2.43. The molecule has 0 fully saturated rings. The molecule has 0 aliphatic carbocycles. The normalized spacial score (nSPS) is 10.2. The number of carbonyl (C=O) groups excluding carboxylic acids is 1. The van der Waals surface area contributed by atoms with Crippen molar-refractivity contribution in [1.82, 2.24) is 15.0 Å². The highest BCUT2D eigenvalue weighted by atomic mass is 16.5. The van der Waals surface area contributed by atoms with Gasteiger partial charge in [-0.15, -0.1) is 0 Å². The van der Waals surface area contributed by atoms with Gasteiger partial charge in [0, 0.05) is 30.7 Å². The summed E-state index contributed by atoms with van der Waals surface area (Å²) in [4.78, 5) is 24.2. The van der Waals surface area contributed by atoms with Gasteiger partial charge >= 0.3 is 5.97 Å². The van der Waals surface area contributed by atoms with E-state index in [4.69, 9.17) is 0 Å². The fraction of sp³-hybridized carbons (Fsp3) is 0.111. The highest BCUT2D eigenvalue weighted by molar-refractivity contribution is 5.89. The van der Waals surface area contributed by atoms with Crippen LogP contribution >= 0.6 is 0 Å². The molecule has 0 aliphatic rings. The van der Waals surface area contributed by atoms with Gasteiger partial charge in [-0.25, -0.2) is 14.8 Å². The molecule has 120 valence electrons. The van der Waals surface area contributed by atoms with Crippen molar-refractivity contribution in [2.45, 2.75) is 6.54 Å². The molecule has 3 aromatic rings. The fourth-order valence-corrected chi connectivity index (χ4v) is 2.16. The Morgan fingerprint density at radius 2 is 1.96 bits per heavy atom. The first-order valence-electron chi connectivity index (χ1n) is 7.41. The third-order valence-electron chi connectivity index (χ3n) is 3.42. The molecule has 0 unspecified atom stereocenters. The van der Waals surface area contributed by atoms with Crippen LogP contribution in [0.25, 0.3) is 11.4 Å². The lowest BCUT2D eigenvalue weighted by Crippen LogP contribution is -2.04. The molecule has 2 heterocycles. The van der Waals surface area contributed by atoms with Crippen molar-refractivity contribution in [2.24, 2.45) is 0 Å². The molecule has 1 aromatic carbocycles. The Kier molecular flexibility index (Phi) is 4.76. The van der Waals surface area contributed by atoms with E-state index < -0.39 is 0 Å². The molecule has 0 saturated carbocycles. The van der Waals surface area contributed by atoms with Crippen molar-refractivity contribution < 1.29 is 9.53 Å². The van der Waals surface area contributed by atoms with Gasteiger partial charge in [-0.1, -0.05) is 12.1 Å². The molecular formula is C18H16N4O2. The largest absolute Gasteiger partial charge is 0.465 e. The summed E-state index contributed by atoms with van der Waals surface area (Å²) in [6.45, 7) is 0.588. The maximum absolute atomic E-state index is 11.4. The van der Waals surface area contributed by atoms with E-state index in [1.165, 1.54) is 7.11 Å². The van der Waals surface area contributed by atoms with Gasteiger partial charge in [0.05, 0.1) is 12.7 Å². The van der Waals surface area contributed by atoms with Gasteiger partial charge in [-0.3, -0.25) is 4.98 Å². The van der Waals surface area contributed by atoms with Crippen molar-refractivity contribution in [1.29, 1.82) is 0 Å². The van der Waals surface area contributed by atoms with Crippen molar-refractivity contribution >= 4 is 11.8 Å². The third kappa shape index (κ3) is 3.73. The SMILES string of the molecule is COC(=O)c1ccc(CNc2ccnc(-c3cccnc3)n2)cc1. The molecule has 1 N–H and O–H groups in total. The standard InChI is InChI=1S/C18H16N4O2/c1-24-18(23)14-6-4-13(5-7-14)11-21-16-8-10-20-17(22-16)15-3-2-9-19-12-15/h2-10,12H,11H2,1H3,(H,20,21,22). The lowest BCUT2D eigenvalue weighted by atomic mass is 10.1. The molecule has 0 spiro atoms. The number of nitrogens with zero attached hydrogens (tertiary/aromatic N) is 3. The zero-order chi connectivity index (χ0) is 16.8. The Balaban J connectivity index is 1.68. The van der Waals surface area contributed by atoms with Crippen molar-refractivity contribution in [3.63, 3.8) is 0 Å². The predicted molar refractivity (Wildman–Crippen MR) is 90.4 cm³/mol. The van der Waals surface area contributed by atoms with Gasteiger partial charge in [0.15, 0.2) is 5.82 Å². The van der Waals surface area contributed by atoms with Crippen LogP contribution in [0.15, 0.2) is 61.1 Å². The number of hydrogen-bond donors (Lipinski definition) is 1. The Hall–Kier alpha value is -3.28. The Bertz CT molecular complexity index is 820. The summed E-state index contributed by atoms with van der Waals surface area (Å²) >= 11 is 0. The Morgan fingerprint density at radius 1 is 1.12 bits per heavy atom. The number of nitrogens with one attached hydrogen (secondary N) is 1. The molecule has 0 bridgehead atoms. The quantitative estimate of drug-likeness (QED) is 0.728. The van der Waals surface area contributed by atoms with Crippen LogP contribution < -0.4 is 5.32 Å². The molecule has 6 nitrogen and oxygen atoms in total. The van der Waals surface area contributed by atoms with E-state index in [9.17, 15) is 4.79 Å². The molecule has 0 aliphatic heterocycles. The minimum atomic E-state index is -0.341. The van der Waals surface area contributed by atoms with Crippen LogP contribution in [-0.4, -0.2) is 28.0 Å². The first kappa shape index (κ1) is 15.6. The highest BCUT2D eigenvalue weighted by Gasteiger charge is 2.05. The number of methoxy groups -OCH3 is 1. The van der Waals surface area contributed by atoms with Gasteiger partial charge in [-0.2, -0.15) is 0 Å². The number of pyridine rings is 1. The summed E-state index contributed by atoms with van der Waals surface area (Å²) in [6, 6.07) is 12.8. The average molecular weight is 320 g/mol. The summed E-state index contributed by atoms with van der Waals surface area (Å²) in [5, 5.41) is 3.25. The van der Waals surface area contributed by atoms with Crippen LogP contribution in [0.5, 0.6) is 0 Å². The topological polar surface area (TPSA) is 77.0 Å². The van der Waals surface area contributed by atoms with Gasteiger partial charge < -0.3 is 10.1 Å². The first-order valence-corrected chi connectivity index (χ1v) is 7.41. The zero-order valence-corrected chi connectivity index (χ0v) is 13.1. The van der Waals surface area contributed by atoms with Crippen LogP contribution in [-0.2, 0) is 11.3 Å². The maximum Gasteiger partial charge on any atom is 0.337 e. The van der Waals surface area contributed by atoms with Crippen LogP contribution in [0.3, 0.4) is 0 Å². The van der Waals surface area contributed by atoms with E-state index in [0.29, 0.717) is 17.9 Å². The number of anilines is 1. The smallest absolute Gasteiger partial charge is 0.337 e. The number of rotatable bonds is 5. The van der Waals surface area contributed by atoms with E-state index in [-0.39, 0.29) is 5.97 Å². The minimum absolute atomic E-state index is 0.341. The van der Waals surface area contributed by atoms with E-state index in [1.807, 2.05) is 30.3 Å².